The number of aryl methyl sites for hydroxylation is 2. The van der Waals surface area contributed by atoms with Gasteiger partial charge in [0.1, 0.15) is 5.75 Å². The molecule has 0 bridgehead atoms. The molecule has 0 saturated carbocycles. The second-order valence-corrected chi connectivity index (χ2v) is 9.27. The highest BCUT2D eigenvalue weighted by Gasteiger charge is 2.28. The number of carbonyl (C=O) groups is 2. The van der Waals surface area contributed by atoms with Crippen LogP contribution in [0.3, 0.4) is 0 Å². The number of nitrogens with zero attached hydrogens (tertiary/aromatic N) is 3. The molecule has 0 radical (unpaired) electrons. The number of anilines is 1. The molecular weight excluding hydrogens is 454 g/mol. The van der Waals surface area contributed by atoms with Crippen LogP contribution in [0.1, 0.15) is 24.1 Å². The minimum absolute atomic E-state index is 0.144. The lowest BCUT2D eigenvalue weighted by molar-refractivity contribution is -0.131. The summed E-state index contributed by atoms with van der Waals surface area (Å²) in [7, 11) is 3.55. The number of pyridine rings is 1. The SMILES string of the molecule is COc1ccccc1CCC(=O)N(C)C1CCN(CCNC(=O)Nc2cc(C)nc3ccccc23)C1. The summed E-state index contributed by atoms with van der Waals surface area (Å²) in [5.74, 6) is 0.967. The Labute approximate surface area is 212 Å². The van der Waals surface area contributed by atoms with E-state index in [1.807, 2.05) is 73.5 Å². The third-order valence-electron chi connectivity index (χ3n) is 6.80. The fraction of sp³-hybridized carbons (Fsp3) is 0.393. The van der Waals surface area contributed by atoms with Crippen molar-refractivity contribution in [2.24, 2.45) is 0 Å². The van der Waals surface area contributed by atoms with Crippen molar-refractivity contribution in [3.8, 4) is 5.75 Å². The number of methoxy groups -OCH3 is 1. The van der Waals surface area contributed by atoms with Crippen LogP contribution in [0.2, 0.25) is 0 Å². The summed E-state index contributed by atoms with van der Waals surface area (Å²) in [5, 5.41) is 6.83. The molecule has 2 N–H and O–H groups in total. The van der Waals surface area contributed by atoms with E-state index in [-0.39, 0.29) is 18.0 Å². The fourth-order valence-corrected chi connectivity index (χ4v) is 4.77. The monoisotopic (exact) mass is 489 g/mol. The van der Waals surface area contributed by atoms with Crippen LogP contribution in [-0.2, 0) is 11.2 Å². The van der Waals surface area contributed by atoms with Gasteiger partial charge in [-0.05, 0) is 43.5 Å². The van der Waals surface area contributed by atoms with Gasteiger partial charge in [0.2, 0.25) is 5.91 Å². The molecule has 4 rings (SSSR count). The molecule has 0 aliphatic carbocycles. The van der Waals surface area contributed by atoms with E-state index in [4.69, 9.17) is 4.74 Å². The van der Waals surface area contributed by atoms with Crippen molar-refractivity contribution in [2.75, 3.05) is 45.7 Å². The van der Waals surface area contributed by atoms with Gasteiger partial charge in [0.05, 0.1) is 18.3 Å². The molecule has 2 aromatic carbocycles. The molecule has 8 heteroatoms. The number of nitrogens with one attached hydrogen (secondary N) is 2. The first-order valence-corrected chi connectivity index (χ1v) is 12.5. The first-order chi connectivity index (χ1) is 17.4. The number of likely N-dealkylation sites (N-methyl/N-ethyl adjacent to an activating group) is 1. The van der Waals surface area contributed by atoms with Crippen LogP contribution in [0.15, 0.2) is 54.6 Å². The zero-order chi connectivity index (χ0) is 25.5. The number of urea groups is 1. The lowest BCUT2D eigenvalue weighted by Crippen LogP contribution is -2.40. The van der Waals surface area contributed by atoms with Gasteiger partial charge in [-0.25, -0.2) is 4.79 Å². The fourth-order valence-electron chi connectivity index (χ4n) is 4.77. The van der Waals surface area contributed by atoms with Gasteiger partial charge in [-0.2, -0.15) is 0 Å². The van der Waals surface area contributed by atoms with Gasteiger partial charge in [0.15, 0.2) is 0 Å². The summed E-state index contributed by atoms with van der Waals surface area (Å²) < 4.78 is 5.39. The standard InChI is InChI=1S/C28H35N5O3/c1-20-18-25(23-9-5-6-10-24(23)30-20)31-28(35)29-15-17-33-16-14-22(19-33)32(2)27(34)13-12-21-8-4-7-11-26(21)36-3/h4-11,18,22H,12-17,19H2,1-3H3,(H2,29,30,31,35). The molecule has 1 fully saturated rings. The van der Waals surface area contributed by atoms with Crippen molar-refractivity contribution in [2.45, 2.75) is 32.2 Å². The maximum Gasteiger partial charge on any atom is 0.319 e. The minimum atomic E-state index is -0.231. The molecule has 1 atom stereocenters. The number of likely N-dealkylation sites (tertiary alicyclic amines) is 1. The van der Waals surface area contributed by atoms with Crippen LogP contribution in [0.4, 0.5) is 10.5 Å². The molecule has 1 saturated heterocycles. The summed E-state index contributed by atoms with van der Waals surface area (Å²) in [6.07, 6.45) is 2.05. The predicted octanol–water partition coefficient (Wildman–Crippen LogP) is 3.84. The number of aromatic nitrogens is 1. The summed E-state index contributed by atoms with van der Waals surface area (Å²) in [4.78, 5) is 34.0. The molecule has 1 unspecified atom stereocenters. The lowest BCUT2D eigenvalue weighted by Gasteiger charge is -2.25. The molecule has 36 heavy (non-hydrogen) atoms. The summed E-state index contributed by atoms with van der Waals surface area (Å²) in [6, 6.07) is 17.4. The zero-order valence-electron chi connectivity index (χ0n) is 21.3. The molecule has 1 aromatic heterocycles. The van der Waals surface area contributed by atoms with E-state index in [1.54, 1.807) is 7.11 Å². The first-order valence-electron chi connectivity index (χ1n) is 12.5. The van der Waals surface area contributed by atoms with Crippen LogP contribution < -0.4 is 15.4 Å². The van der Waals surface area contributed by atoms with E-state index < -0.39 is 0 Å². The van der Waals surface area contributed by atoms with E-state index in [2.05, 4.69) is 20.5 Å². The Morgan fingerprint density at radius 3 is 2.78 bits per heavy atom. The Kier molecular flexibility index (Phi) is 8.38. The number of hydrogen-bond donors (Lipinski definition) is 2. The molecule has 2 heterocycles. The highest BCUT2D eigenvalue weighted by Crippen LogP contribution is 2.23. The summed E-state index contributed by atoms with van der Waals surface area (Å²) in [6.45, 7) is 4.91. The Morgan fingerprint density at radius 1 is 1.17 bits per heavy atom. The van der Waals surface area contributed by atoms with Crippen molar-refractivity contribution in [1.29, 1.82) is 0 Å². The van der Waals surface area contributed by atoms with Crippen molar-refractivity contribution >= 4 is 28.5 Å². The third kappa shape index (κ3) is 6.31. The molecule has 3 amide bonds. The maximum atomic E-state index is 12.8. The highest BCUT2D eigenvalue weighted by atomic mass is 16.5. The predicted molar refractivity (Wildman–Crippen MR) is 142 cm³/mol. The molecule has 190 valence electrons. The van der Waals surface area contributed by atoms with Crippen molar-refractivity contribution in [3.05, 3.63) is 65.9 Å². The Balaban J connectivity index is 1.20. The second kappa shape index (κ2) is 11.9. The largest absolute Gasteiger partial charge is 0.496 e. The number of amides is 3. The van der Waals surface area contributed by atoms with Crippen LogP contribution in [0, 0.1) is 6.92 Å². The van der Waals surface area contributed by atoms with E-state index in [9.17, 15) is 9.59 Å². The van der Waals surface area contributed by atoms with Crippen LogP contribution in [-0.4, -0.2) is 73.1 Å². The average Bonchev–Trinajstić information content (AvgIpc) is 3.35. The third-order valence-corrected chi connectivity index (χ3v) is 6.80. The number of ether oxygens (including phenoxy) is 1. The van der Waals surface area contributed by atoms with E-state index in [0.717, 1.165) is 59.7 Å². The van der Waals surface area contributed by atoms with Gasteiger partial charge < -0.3 is 20.3 Å². The Morgan fingerprint density at radius 2 is 1.94 bits per heavy atom. The van der Waals surface area contributed by atoms with Gasteiger partial charge >= 0.3 is 6.03 Å². The number of carbonyl (C=O) groups excluding carboxylic acids is 2. The van der Waals surface area contributed by atoms with Crippen LogP contribution in [0.5, 0.6) is 5.75 Å². The number of fused-ring (bicyclic) bond motifs is 1. The van der Waals surface area contributed by atoms with Crippen molar-refractivity contribution in [1.82, 2.24) is 20.1 Å². The number of para-hydroxylation sites is 2. The zero-order valence-corrected chi connectivity index (χ0v) is 21.3. The van der Waals surface area contributed by atoms with Gasteiger partial charge in [0, 0.05) is 56.8 Å². The first kappa shape index (κ1) is 25.4. The number of benzene rings is 2. The number of rotatable bonds is 9. The van der Waals surface area contributed by atoms with E-state index in [0.29, 0.717) is 19.4 Å². The van der Waals surface area contributed by atoms with Crippen molar-refractivity contribution in [3.63, 3.8) is 0 Å². The molecule has 0 spiro atoms. The van der Waals surface area contributed by atoms with Crippen LogP contribution in [0.25, 0.3) is 10.9 Å². The Hall–Kier alpha value is -3.65. The van der Waals surface area contributed by atoms with Gasteiger partial charge in [0.25, 0.3) is 0 Å². The summed E-state index contributed by atoms with van der Waals surface area (Å²) in [5.41, 5.74) is 3.52. The topological polar surface area (TPSA) is 86.8 Å². The average molecular weight is 490 g/mol. The normalized spacial score (nSPS) is 15.6. The molecule has 1 aliphatic heterocycles. The quantitative estimate of drug-likeness (QED) is 0.477. The Bertz CT molecular complexity index is 1210. The maximum absolute atomic E-state index is 12.8. The number of hydrogen-bond acceptors (Lipinski definition) is 5. The van der Waals surface area contributed by atoms with E-state index >= 15 is 0 Å². The van der Waals surface area contributed by atoms with Crippen LogP contribution >= 0.6 is 0 Å². The lowest BCUT2D eigenvalue weighted by atomic mass is 10.1. The molecule has 1 aliphatic rings. The van der Waals surface area contributed by atoms with E-state index in [1.165, 1.54) is 0 Å². The van der Waals surface area contributed by atoms with Crippen molar-refractivity contribution < 1.29 is 14.3 Å². The molecular formula is C28H35N5O3. The smallest absolute Gasteiger partial charge is 0.319 e. The molecule has 3 aromatic rings. The summed E-state index contributed by atoms with van der Waals surface area (Å²) >= 11 is 0. The van der Waals surface area contributed by atoms with Gasteiger partial charge in [-0.3, -0.25) is 14.7 Å². The second-order valence-electron chi connectivity index (χ2n) is 9.27. The highest BCUT2D eigenvalue weighted by molar-refractivity contribution is 6.00. The van der Waals surface area contributed by atoms with Gasteiger partial charge in [-0.1, -0.05) is 36.4 Å². The van der Waals surface area contributed by atoms with Gasteiger partial charge in [-0.15, -0.1) is 0 Å². The minimum Gasteiger partial charge on any atom is -0.496 e. The molecule has 8 nitrogen and oxygen atoms in total.